The van der Waals surface area contributed by atoms with Gasteiger partial charge in [0.25, 0.3) is 0 Å². The fourth-order valence-corrected chi connectivity index (χ4v) is 2.34. The average molecular weight is 307 g/mol. The van der Waals surface area contributed by atoms with Crippen molar-refractivity contribution in [3.63, 3.8) is 0 Å². The van der Waals surface area contributed by atoms with E-state index in [0.29, 0.717) is 30.3 Å². The lowest BCUT2D eigenvalue weighted by molar-refractivity contribution is 0.267. The Morgan fingerprint density at radius 2 is 2.19 bits per heavy atom. The number of hydrogen-bond acceptors (Lipinski definition) is 6. The minimum atomic E-state index is 0.0256. The molecule has 0 aliphatic rings. The van der Waals surface area contributed by atoms with Crippen molar-refractivity contribution >= 4 is 17.2 Å². The van der Waals surface area contributed by atoms with Gasteiger partial charge in [-0.1, -0.05) is 5.16 Å². The van der Waals surface area contributed by atoms with Crippen LogP contribution in [0.15, 0.2) is 28.7 Å². The average Bonchev–Trinajstić information content (AvgIpc) is 2.91. The lowest BCUT2D eigenvalue weighted by Gasteiger charge is -2.12. The highest BCUT2D eigenvalue weighted by molar-refractivity contribution is 7.09. The lowest BCUT2D eigenvalue weighted by atomic mass is 10.2. The van der Waals surface area contributed by atoms with Gasteiger partial charge in [0.1, 0.15) is 6.61 Å². The van der Waals surface area contributed by atoms with Crippen molar-refractivity contribution in [1.82, 2.24) is 4.98 Å². The highest BCUT2D eigenvalue weighted by Gasteiger charge is 2.10. The van der Waals surface area contributed by atoms with Gasteiger partial charge < -0.3 is 20.4 Å². The summed E-state index contributed by atoms with van der Waals surface area (Å²) in [4.78, 5) is 4.34. The molecule has 0 aliphatic carbocycles. The minimum absolute atomic E-state index is 0.0256. The molecule has 0 unspecified atom stereocenters. The second-order valence-electron chi connectivity index (χ2n) is 4.23. The Morgan fingerprint density at radius 3 is 2.81 bits per heavy atom. The second kappa shape index (κ2) is 6.94. The molecule has 0 aliphatic heterocycles. The van der Waals surface area contributed by atoms with Crippen LogP contribution in [0.1, 0.15) is 23.2 Å². The Balaban J connectivity index is 2.17. The van der Waals surface area contributed by atoms with Gasteiger partial charge in [0, 0.05) is 10.9 Å². The van der Waals surface area contributed by atoms with Crippen LogP contribution in [0, 0.1) is 6.92 Å². The molecular formula is C14H17N3O3S. The van der Waals surface area contributed by atoms with Crippen molar-refractivity contribution in [1.29, 1.82) is 0 Å². The predicted octanol–water partition coefficient (Wildman–Crippen LogP) is 2.52. The highest BCUT2D eigenvalue weighted by Crippen LogP contribution is 2.29. The maximum Gasteiger partial charge on any atom is 0.170 e. The molecule has 2 rings (SSSR count). The highest BCUT2D eigenvalue weighted by atomic mass is 32.1. The second-order valence-corrected chi connectivity index (χ2v) is 5.29. The smallest absolute Gasteiger partial charge is 0.170 e. The fourth-order valence-electron chi connectivity index (χ4n) is 1.74. The first kappa shape index (κ1) is 15.1. The summed E-state index contributed by atoms with van der Waals surface area (Å²) in [7, 11) is 0. The molecule has 1 heterocycles. The zero-order chi connectivity index (χ0) is 15.2. The SMILES string of the molecule is CCOc1cc(C(N)=NO)ccc1OCc1csc(C)n1. The van der Waals surface area contributed by atoms with E-state index in [-0.39, 0.29) is 5.84 Å². The minimum Gasteiger partial charge on any atom is -0.490 e. The third-order valence-corrected chi connectivity index (χ3v) is 3.51. The summed E-state index contributed by atoms with van der Waals surface area (Å²) in [6.07, 6.45) is 0. The van der Waals surface area contributed by atoms with E-state index in [4.69, 9.17) is 20.4 Å². The first-order chi connectivity index (χ1) is 10.1. The molecule has 0 saturated heterocycles. The number of ether oxygens (including phenoxy) is 2. The van der Waals surface area contributed by atoms with Crippen LogP contribution in [0.3, 0.4) is 0 Å². The zero-order valence-electron chi connectivity index (χ0n) is 11.9. The Bertz CT molecular complexity index is 640. The van der Waals surface area contributed by atoms with E-state index in [2.05, 4.69) is 10.1 Å². The molecule has 0 saturated carbocycles. The third-order valence-electron chi connectivity index (χ3n) is 2.69. The van der Waals surface area contributed by atoms with E-state index in [9.17, 15) is 0 Å². The summed E-state index contributed by atoms with van der Waals surface area (Å²) in [5, 5.41) is 14.7. The Hall–Kier alpha value is -2.28. The van der Waals surface area contributed by atoms with Crippen molar-refractivity contribution in [3.8, 4) is 11.5 Å². The third kappa shape index (κ3) is 3.85. The van der Waals surface area contributed by atoms with Gasteiger partial charge in [-0.3, -0.25) is 0 Å². The number of oxime groups is 1. The number of thiazole rings is 1. The van der Waals surface area contributed by atoms with Crippen LogP contribution in [-0.2, 0) is 6.61 Å². The van der Waals surface area contributed by atoms with E-state index in [1.54, 1.807) is 29.5 Å². The van der Waals surface area contributed by atoms with Gasteiger partial charge >= 0.3 is 0 Å². The Kier molecular flexibility index (Phi) is 4.99. The Labute approximate surface area is 126 Å². The molecule has 0 atom stereocenters. The summed E-state index contributed by atoms with van der Waals surface area (Å²) in [6.45, 7) is 4.69. The van der Waals surface area contributed by atoms with Crippen molar-refractivity contribution in [2.75, 3.05) is 6.61 Å². The number of hydrogen-bond donors (Lipinski definition) is 2. The van der Waals surface area contributed by atoms with Gasteiger partial charge in [-0.15, -0.1) is 11.3 Å². The molecule has 0 spiro atoms. The molecule has 6 nitrogen and oxygen atoms in total. The standard InChI is InChI=1S/C14H17N3O3S/c1-3-19-13-6-10(14(15)17-18)4-5-12(13)20-7-11-8-21-9(2)16-11/h4-6,8,18H,3,7H2,1-2H3,(H2,15,17). The van der Waals surface area contributed by atoms with Crippen LogP contribution in [0.5, 0.6) is 11.5 Å². The summed E-state index contributed by atoms with van der Waals surface area (Å²) in [6, 6.07) is 5.12. The zero-order valence-corrected chi connectivity index (χ0v) is 12.7. The van der Waals surface area contributed by atoms with Gasteiger partial charge in [0.2, 0.25) is 0 Å². The van der Waals surface area contributed by atoms with Crippen molar-refractivity contribution in [2.45, 2.75) is 20.5 Å². The fraction of sp³-hybridized carbons (Fsp3) is 0.286. The van der Waals surface area contributed by atoms with Gasteiger partial charge in [-0.2, -0.15) is 0 Å². The Morgan fingerprint density at radius 1 is 1.38 bits per heavy atom. The quantitative estimate of drug-likeness (QED) is 0.370. The molecule has 0 amide bonds. The van der Waals surface area contributed by atoms with Crippen LogP contribution in [0.25, 0.3) is 0 Å². The molecule has 2 aromatic rings. The van der Waals surface area contributed by atoms with Crippen LogP contribution < -0.4 is 15.2 Å². The van der Waals surface area contributed by atoms with Gasteiger partial charge in [0.05, 0.1) is 17.3 Å². The molecule has 0 bridgehead atoms. The molecule has 112 valence electrons. The molecule has 21 heavy (non-hydrogen) atoms. The first-order valence-corrected chi connectivity index (χ1v) is 7.30. The lowest BCUT2D eigenvalue weighted by Crippen LogP contribution is -2.13. The maximum atomic E-state index is 8.72. The molecule has 0 radical (unpaired) electrons. The van der Waals surface area contributed by atoms with Gasteiger partial charge in [-0.05, 0) is 32.0 Å². The van der Waals surface area contributed by atoms with Crippen LogP contribution >= 0.6 is 11.3 Å². The molecule has 0 fully saturated rings. The summed E-state index contributed by atoms with van der Waals surface area (Å²) < 4.78 is 11.3. The number of rotatable bonds is 6. The molecule has 3 N–H and O–H groups in total. The van der Waals surface area contributed by atoms with E-state index in [1.807, 2.05) is 19.2 Å². The first-order valence-electron chi connectivity index (χ1n) is 6.42. The molecule has 7 heteroatoms. The molecular weight excluding hydrogens is 290 g/mol. The maximum absolute atomic E-state index is 8.72. The van der Waals surface area contributed by atoms with E-state index in [1.165, 1.54) is 0 Å². The van der Waals surface area contributed by atoms with E-state index in [0.717, 1.165) is 10.7 Å². The molecule has 1 aromatic heterocycles. The van der Waals surface area contributed by atoms with Crippen molar-refractivity contribution in [3.05, 3.63) is 39.8 Å². The largest absolute Gasteiger partial charge is 0.490 e. The summed E-state index contributed by atoms with van der Waals surface area (Å²) in [5.74, 6) is 1.17. The normalized spacial score (nSPS) is 11.4. The predicted molar refractivity (Wildman–Crippen MR) is 81.3 cm³/mol. The number of aryl methyl sites for hydroxylation is 1. The van der Waals surface area contributed by atoms with Gasteiger partial charge in [-0.25, -0.2) is 4.98 Å². The topological polar surface area (TPSA) is 90.0 Å². The summed E-state index contributed by atoms with van der Waals surface area (Å²) >= 11 is 1.58. The van der Waals surface area contributed by atoms with Crippen LogP contribution in [-0.4, -0.2) is 22.6 Å². The number of nitrogens with zero attached hydrogens (tertiary/aromatic N) is 2. The number of nitrogens with two attached hydrogens (primary N) is 1. The van der Waals surface area contributed by atoms with E-state index < -0.39 is 0 Å². The van der Waals surface area contributed by atoms with Crippen LogP contribution in [0.4, 0.5) is 0 Å². The number of amidine groups is 1. The summed E-state index contributed by atoms with van der Waals surface area (Å²) in [5.41, 5.74) is 7.01. The monoisotopic (exact) mass is 307 g/mol. The van der Waals surface area contributed by atoms with Crippen molar-refractivity contribution in [2.24, 2.45) is 10.9 Å². The number of aromatic nitrogens is 1. The van der Waals surface area contributed by atoms with Gasteiger partial charge in [0.15, 0.2) is 17.3 Å². The van der Waals surface area contributed by atoms with Crippen molar-refractivity contribution < 1.29 is 14.7 Å². The van der Waals surface area contributed by atoms with Crippen LogP contribution in [0.2, 0.25) is 0 Å². The molecule has 1 aromatic carbocycles. The van der Waals surface area contributed by atoms with E-state index >= 15 is 0 Å². The number of benzene rings is 1.